The summed E-state index contributed by atoms with van der Waals surface area (Å²) in [6, 6.07) is 3.40. The van der Waals surface area contributed by atoms with Crippen molar-refractivity contribution in [3.63, 3.8) is 0 Å². The number of carbonyl (C=O) groups excluding carboxylic acids is 1. The normalized spacial score (nSPS) is 39.3. The first-order valence-electron chi connectivity index (χ1n) is 12.9. The number of fused-ring (bicyclic) bond motifs is 1. The van der Waals surface area contributed by atoms with Gasteiger partial charge in [0.25, 0.3) is 0 Å². The van der Waals surface area contributed by atoms with E-state index in [-0.39, 0.29) is 28.8 Å². The van der Waals surface area contributed by atoms with E-state index in [1.807, 2.05) is 0 Å². The predicted molar refractivity (Wildman–Crippen MR) is 133 cm³/mol. The monoisotopic (exact) mass is 462 g/mol. The fourth-order valence-electron chi connectivity index (χ4n) is 7.09. The summed E-state index contributed by atoms with van der Waals surface area (Å²) in [4.78, 5) is 12.2. The standard InChI is InChI=1S/C27H46O4Si/c1-8-32(9-2,10-3)31-18-27(7)23-14-11-19(4)22(26(23,6)16-15-24(27)28)13-12-21-20(5)17-30-25(21)29/h12,20,22-24,28H,4,8-11,13-18H2,1-3,5-7H3/b21-12+/t20-,22-,23+,24-,26+,27+/m1/s1. The molecule has 0 aromatic rings. The van der Waals surface area contributed by atoms with Gasteiger partial charge in [-0.25, -0.2) is 4.79 Å². The van der Waals surface area contributed by atoms with Gasteiger partial charge in [-0.05, 0) is 67.5 Å². The molecule has 3 fully saturated rings. The average molecular weight is 463 g/mol. The molecule has 5 heteroatoms. The Labute approximate surface area is 197 Å². The Morgan fingerprint density at radius 1 is 1.22 bits per heavy atom. The van der Waals surface area contributed by atoms with Crippen LogP contribution in [0, 0.1) is 28.6 Å². The van der Waals surface area contributed by atoms with Crippen molar-refractivity contribution in [2.24, 2.45) is 28.6 Å². The van der Waals surface area contributed by atoms with Crippen LogP contribution in [-0.4, -0.2) is 38.7 Å². The van der Waals surface area contributed by atoms with Crippen LogP contribution >= 0.6 is 0 Å². The molecule has 0 aromatic heterocycles. The zero-order valence-electron chi connectivity index (χ0n) is 21.3. The van der Waals surface area contributed by atoms with E-state index in [0.717, 1.165) is 55.8 Å². The molecule has 3 aliphatic rings. The number of hydrogen-bond donors (Lipinski definition) is 1. The SMILES string of the molecule is C=C1CC[C@@H]2[C@](C)(CO[Si](CC)(CC)CC)[C@H](O)CC[C@@]2(C)[C@@H]1C/C=C1/C(=O)OC[C@H]1C. The predicted octanol–water partition coefficient (Wildman–Crippen LogP) is 6.27. The third-order valence-corrected chi connectivity index (χ3v) is 14.4. The first kappa shape index (κ1) is 25.7. The molecule has 1 saturated heterocycles. The summed E-state index contributed by atoms with van der Waals surface area (Å²) in [5, 5.41) is 11.3. The Bertz CT molecular complexity index is 734. The van der Waals surface area contributed by atoms with Crippen LogP contribution in [-0.2, 0) is 14.0 Å². The molecule has 3 rings (SSSR count). The maximum Gasteiger partial charge on any atom is 0.334 e. The van der Waals surface area contributed by atoms with Crippen molar-refractivity contribution in [1.82, 2.24) is 0 Å². The molecule has 0 bridgehead atoms. The lowest BCUT2D eigenvalue weighted by atomic mass is 9.46. The molecule has 1 N–H and O–H groups in total. The quantitative estimate of drug-likeness (QED) is 0.200. The van der Waals surface area contributed by atoms with Gasteiger partial charge in [-0.1, -0.05) is 59.8 Å². The van der Waals surface area contributed by atoms with Crippen molar-refractivity contribution in [3.05, 3.63) is 23.8 Å². The Hall–Kier alpha value is -0.913. The first-order chi connectivity index (χ1) is 15.1. The highest BCUT2D eigenvalue weighted by Gasteiger charge is 2.58. The minimum absolute atomic E-state index is 0.0599. The molecule has 1 aliphatic heterocycles. The molecule has 2 saturated carbocycles. The smallest absolute Gasteiger partial charge is 0.334 e. The molecular formula is C27H46O4Si. The van der Waals surface area contributed by atoms with Gasteiger partial charge in [-0.15, -0.1) is 0 Å². The van der Waals surface area contributed by atoms with E-state index in [1.165, 1.54) is 5.57 Å². The fourth-order valence-corrected chi connectivity index (χ4v) is 9.82. The summed E-state index contributed by atoms with van der Waals surface area (Å²) in [5.74, 6) is 0.729. The molecule has 1 heterocycles. The molecule has 2 aliphatic carbocycles. The van der Waals surface area contributed by atoms with Crippen LogP contribution in [0.2, 0.25) is 18.1 Å². The van der Waals surface area contributed by atoms with E-state index in [9.17, 15) is 9.90 Å². The van der Waals surface area contributed by atoms with E-state index in [1.54, 1.807) is 0 Å². The third kappa shape index (κ3) is 4.42. The van der Waals surface area contributed by atoms with Crippen LogP contribution in [0.4, 0.5) is 0 Å². The second kappa shape index (κ2) is 9.75. The molecule has 0 radical (unpaired) electrons. The number of ether oxygens (including phenoxy) is 1. The van der Waals surface area contributed by atoms with Crippen LogP contribution in [0.1, 0.15) is 73.6 Å². The second-order valence-corrected chi connectivity index (χ2v) is 16.1. The largest absolute Gasteiger partial charge is 0.462 e. The number of hydrogen-bond acceptors (Lipinski definition) is 4. The van der Waals surface area contributed by atoms with Gasteiger partial charge in [0.1, 0.15) is 0 Å². The van der Waals surface area contributed by atoms with Crippen molar-refractivity contribution >= 4 is 14.3 Å². The second-order valence-electron chi connectivity index (χ2n) is 11.3. The number of rotatable bonds is 8. The Morgan fingerprint density at radius 2 is 1.88 bits per heavy atom. The average Bonchev–Trinajstić information content (AvgIpc) is 3.09. The molecular weight excluding hydrogens is 416 g/mol. The number of aliphatic hydroxyl groups excluding tert-OH is 1. The Balaban J connectivity index is 1.87. The highest BCUT2D eigenvalue weighted by atomic mass is 28.4. The summed E-state index contributed by atoms with van der Waals surface area (Å²) in [6.45, 7) is 19.2. The van der Waals surface area contributed by atoms with E-state index < -0.39 is 8.32 Å². The van der Waals surface area contributed by atoms with E-state index in [4.69, 9.17) is 9.16 Å². The molecule has 4 nitrogen and oxygen atoms in total. The van der Waals surface area contributed by atoms with Gasteiger partial charge in [0.2, 0.25) is 0 Å². The minimum Gasteiger partial charge on any atom is -0.462 e. The number of allylic oxidation sites excluding steroid dienone is 2. The van der Waals surface area contributed by atoms with Gasteiger partial charge < -0.3 is 14.3 Å². The van der Waals surface area contributed by atoms with Crippen LogP contribution in [0.25, 0.3) is 0 Å². The van der Waals surface area contributed by atoms with Crippen LogP contribution in [0.5, 0.6) is 0 Å². The lowest BCUT2D eigenvalue weighted by molar-refractivity contribution is -0.148. The van der Waals surface area contributed by atoms with Gasteiger partial charge in [-0.3, -0.25) is 0 Å². The van der Waals surface area contributed by atoms with Gasteiger partial charge >= 0.3 is 5.97 Å². The number of aliphatic hydroxyl groups is 1. The van der Waals surface area contributed by atoms with Crippen molar-refractivity contribution in [2.45, 2.75) is 97.9 Å². The van der Waals surface area contributed by atoms with Crippen molar-refractivity contribution < 1.29 is 19.1 Å². The first-order valence-corrected chi connectivity index (χ1v) is 15.5. The summed E-state index contributed by atoms with van der Waals surface area (Å²) >= 11 is 0. The summed E-state index contributed by atoms with van der Waals surface area (Å²) in [5.41, 5.74) is 1.95. The molecule has 32 heavy (non-hydrogen) atoms. The Morgan fingerprint density at radius 3 is 2.44 bits per heavy atom. The topological polar surface area (TPSA) is 55.8 Å². The third-order valence-electron chi connectivity index (χ3n) is 9.78. The van der Waals surface area contributed by atoms with Crippen molar-refractivity contribution in [1.29, 1.82) is 0 Å². The van der Waals surface area contributed by atoms with Crippen LogP contribution < -0.4 is 0 Å². The zero-order chi connectivity index (χ0) is 23.7. The Kier molecular flexibility index (Phi) is 7.83. The molecule has 0 aromatic carbocycles. The number of carbonyl (C=O) groups is 1. The van der Waals surface area contributed by atoms with Gasteiger partial charge in [0, 0.05) is 23.5 Å². The molecule has 0 unspecified atom stereocenters. The molecule has 0 spiro atoms. The fraction of sp³-hybridized carbons (Fsp3) is 0.815. The van der Waals surface area contributed by atoms with E-state index in [2.05, 4.69) is 54.2 Å². The minimum atomic E-state index is -1.73. The maximum atomic E-state index is 12.2. The summed E-state index contributed by atoms with van der Waals surface area (Å²) < 4.78 is 12.0. The summed E-state index contributed by atoms with van der Waals surface area (Å²) in [7, 11) is -1.73. The highest BCUT2D eigenvalue weighted by Crippen LogP contribution is 2.62. The number of esters is 1. The zero-order valence-corrected chi connectivity index (χ0v) is 22.3. The highest BCUT2D eigenvalue weighted by molar-refractivity contribution is 6.73. The molecule has 182 valence electrons. The van der Waals surface area contributed by atoms with Crippen molar-refractivity contribution in [3.8, 4) is 0 Å². The maximum absolute atomic E-state index is 12.2. The van der Waals surface area contributed by atoms with E-state index in [0.29, 0.717) is 25.0 Å². The van der Waals surface area contributed by atoms with Crippen molar-refractivity contribution in [2.75, 3.05) is 13.2 Å². The van der Waals surface area contributed by atoms with Crippen LogP contribution in [0.15, 0.2) is 23.8 Å². The van der Waals surface area contributed by atoms with Gasteiger partial charge in [0.05, 0.1) is 12.7 Å². The molecule has 0 amide bonds. The molecule has 6 atom stereocenters. The van der Waals surface area contributed by atoms with Gasteiger partial charge in [-0.2, -0.15) is 0 Å². The lowest BCUT2D eigenvalue weighted by Gasteiger charge is -2.60. The van der Waals surface area contributed by atoms with Crippen LogP contribution in [0.3, 0.4) is 0 Å². The lowest BCUT2D eigenvalue weighted by Crippen LogP contribution is -2.58. The number of cyclic esters (lactones) is 1. The summed E-state index contributed by atoms with van der Waals surface area (Å²) in [6.07, 6.45) is 6.51. The van der Waals surface area contributed by atoms with E-state index >= 15 is 0 Å². The van der Waals surface area contributed by atoms with Gasteiger partial charge in [0.15, 0.2) is 8.32 Å².